The lowest BCUT2D eigenvalue weighted by Crippen LogP contribution is -2.50. The van der Waals surface area contributed by atoms with E-state index >= 15 is 0 Å². The number of hydrogen-bond acceptors (Lipinski definition) is 7. The monoisotopic (exact) mass is 578 g/mol. The second-order valence-corrected chi connectivity index (χ2v) is 11.6. The summed E-state index contributed by atoms with van der Waals surface area (Å²) < 4.78 is 32.8. The SMILES string of the molecule is C[C@@H]1OCC2(CCN(c3cnc(Sc4cccc(CC(=O)c5cc(F)c(F)cc5Cl)c4Cl)cn3)CC2)[C@@H]1N. The normalized spacial score (nSPS) is 20.7. The average molecular weight is 580 g/mol. The van der Waals surface area contributed by atoms with Crippen molar-refractivity contribution in [3.05, 3.63) is 75.5 Å². The minimum absolute atomic E-state index is 0.0402. The third kappa shape index (κ3) is 5.40. The van der Waals surface area contributed by atoms with Crippen LogP contribution in [0.3, 0.4) is 0 Å². The van der Waals surface area contributed by atoms with Crippen molar-refractivity contribution in [3.63, 3.8) is 0 Å². The molecule has 2 aromatic carbocycles. The summed E-state index contributed by atoms with van der Waals surface area (Å²) in [6, 6.07) is 6.95. The molecule has 1 spiro atoms. The quantitative estimate of drug-likeness (QED) is 0.285. The molecule has 0 bridgehead atoms. The van der Waals surface area contributed by atoms with Crippen LogP contribution in [0.25, 0.3) is 0 Å². The molecule has 2 N–H and O–H groups in total. The number of benzene rings is 2. The molecular formula is C27H26Cl2F2N4O2S. The molecule has 0 radical (unpaired) electrons. The molecule has 2 aliphatic rings. The van der Waals surface area contributed by atoms with Crippen molar-refractivity contribution in [3.8, 4) is 0 Å². The molecule has 3 heterocycles. The molecule has 3 aromatic rings. The van der Waals surface area contributed by atoms with Crippen LogP contribution in [0.2, 0.25) is 10.0 Å². The molecule has 0 aliphatic carbocycles. The highest BCUT2D eigenvalue weighted by atomic mass is 35.5. The van der Waals surface area contributed by atoms with Crippen LogP contribution < -0.4 is 10.6 Å². The zero-order valence-corrected chi connectivity index (χ0v) is 22.9. The van der Waals surface area contributed by atoms with E-state index in [2.05, 4.69) is 14.9 Å². The molecule has 0 amide bonds. The molecule has 2 fully saturated rings. The first-order valence-corrected chi connectivity index (χ1v) is 13.8. The second-order valence-electron chi connectivity index (χ2n) is 9.78. The van der Waals surface area contributed by atoms with Gasteiger partial charge in [0.15, 0.2) is 17.4 Å². The van der Waals surface area contributed by atoms with Crippen molar-refractivity contribution in [2.45, 2.75) is 48.3 Å². The molecule has 2 atom stereocenters. The van der Waals surface area contributed by atoms with Gasteiger partial charge in [0, 0.05) is 41.4 Å². The van der Waals surface area contributed by atoms with E-state index in [9.17, 15) is 13.6 Å². The van der Waals surface area contributed by atoms with E-state index in [-0.39, 0.29) is 34.6 Å². The van der Waals surface area contributed by atoms with Gasteiger partial charge in [-0.25, -0.2) is 18.7 Å². The molecule has 2 aliphatic heterocycles. The van der Waals surface area contributed by atoms with Gasteiger partial charge in [-0.1, -0.05) is 47.1 Å². The predicted octanol–water partition coefficient (Wildman–Crippen LogP) is 5.97. The summed E-state index contributed by atoms with van der Waals surface area (Å²) in [6.45, 7) is 4.43. The molecule has 2 saturated heterocycles. The Kier molecular flexibility index (Phi) is 7.94. The molecule has 0 saturated carbocycles. The zero-order valence-electron chi connectivity index (χ0n) is 20.6. The molecule has 6 nitrogen and oxygen atoms in total. The van der Waals surface area contributed by atoms with Crippen molar-refractivity contribution in [1.29, 1.82) is 0 Å². The van der Waals surface area contributed by atoms with Crippen LogP contribution in [0, 0.1) is 17.0 Å². The number of carbonyl (C=O) groups excluding carboxylic acids is 1. The summed E-state index contributed by atoms with van der Waals surface area (Å²) >= 11 is 13.9. The number of nitrogens with two attached hydrogens (primary N) is 1. The Morgan fingerprint density at radius 2 is 1.92 bits per heavy atom. The van der Waals surface area contributed by atoms with E-state index < -0.39 is 17.4 Å². The lowest BCUT2D eigenvalue weighted by molar-refractivity contribution is 0.0973. The highest BCUT2D eigenvalue weighted by molar-refractivity contribution is 7.99. The number of halogens is 4. The van der Waals surface area contributed by atoms with Gasteiger partial charge in [0.1, 0.15) is 10.8 Å². The van der Waals surface area contributed by atoms with Crippen LogP contribution in [-0.2, 0) is 11.2 Å². The summed E-state index contributed by atoms with van der Waals surface area (Å²) in [7, 11) is 0. The number of aromatic nitrogens is 2. The smallest absolute Gasteiger partial charge is 0.168 e. The second kappa shape index (κ2) is 11.1. The minimum Gasteiger partial charge on any atom is -0.376 e. The molecule has 11 heteroatoms. The minimum atomic E-state index is -1.13. The fourth-order valence-corrected chi connectivity index (χ4v) is 6.44. The highest BCUT2D eigenvalue weighted by Crippen LogP contribution is 2.42. The summed E-state index contributed by atoms with van der Waals surface area (Å²) in [5.74, 6) is -1.91. The molecule has 1 aromatic heterocycles. The number of piperidine rings is 1. The van der Waals surface area contributed by atoms with E-state index in [1.807, 2.05) is 13.0 Å². The van der Waals surface area contributed by atoms with E-state index in [0.717, 1.165) is 43.9 Å². The van der Waals surface area contributed by atoms with Gasteiger partial charge in [-0.15, -0.1) is 0 Å². The van der Waals surface area contributed by atoms with Gasteiger partial charge >= 0.3 is 0 Å². The highest BCUT2D eigenvalue weighted by Gasteiger charge is 2.47. The van der Waals surface area contributed by atoms with Gasteiger partial charge in [0.2, 0.25) is 0 Å². The number of rotatable bonds is 6. The maximum atomic E-state index is 13.6. The van der Waals surface area contributed by atoms with Crippen molar-refractivity contribution in [1.82, 2.24) is 9.97 Å². The third-order valence-electron chi connectivity index (χ3n) is 7.46. The van der Waals surface area contributed by atoms with Crippen molar-refractivity contribution in [2.24, 2.45) is 11.1 Å². The number of nitrogens with zero attached hydrogens (tertiary/aromatic N) is 3. The zero-order chi connectivity index (χ0) is 27.0. The maximum Gasteiger partial charge on any atom is 0.168 e. The first-order valence-electron chi connectivity index (χ1n) is 12.2. The topological polar surface area (TPSA) is 81.3 Å². The Bertz CT molecular complexity index is 1350. The first-order chi connectivity index (χ1) is 18.2. The van der Waals surface area contributed by atoms with Crippen LogP contribution in [0.1, 0.15) is 35.7 Å². The van der Waals surface area contributed by atoms with Crippen LogP contribution in [0.5, 0.6) is 0 Å². The van der Waals surface area contributed by atoms with Crippen molar-refractivity contribution < 1.29 is 18.3 Å². The van der Waals surface area contributed by atoms with Crippen LogP contribution in [-0.4, -0.2) is 47.6 Å². The lowest BCUT2D eigenvalue weighted by atomic mass is 9.73. The summed E-state index contributed by atoms with van der Waals surface area (Å²) in [6.07, 6.45) is 5.32. The Morgan fingerprint density at radius 3 is 2.58 bits per heavy atom. The lowest BCUT2D eigenvalue weighted by Gasteiger charge is -2.41. The number of ether oxygens (including phenoxy) is 1. The fraction of sp³-hybridized carbons (Fsp3) is 0.370. The van der Waals surface area contributed by atoms with Gasteiger partial charge < -0.3 is 15.4 Å². The Labute approximate surface area is 233 Å². The van der Waals surface area contributed by atoms with Crippen molar-refractivity contribution >= 4 is 46.6 Å². The largest absolute Gasteiger partial charge is 0.376 e. The Balaban J connectivity index is 1.24. The summed E-state index contributed by atoms with van der Waals surface area (Å²) in [5, 5.41) is 0.876. The number of ketones is 1. The van der Waals surface area contributed by atoms with Gasteiger partial charge in [0.05, 0.1) is 35.1 Å². The molecule has 38 heavy (non-hydrogen) atoms. The maximum absolute atomic E-state index is 13.6. The van der Waals surface area contributed by atoms with E-state index in [4.69, 9.17) is 33.7 Å². The van der Waals surface area contributed by atoms with Crippen LogP contribution in [0.4, 0.5) is 14.6 Å². The van der Waals surface area contributed by atoms with Gasteiger partial charge in [0.25, 0.3) is 0 Å². The predicted molar refractivity (Wildman–Crippen MR) is 144 cm³/mol. The van der Waals surface area contributed by atoms with Crippen LogP contribution in [0.15, 0.2) is 52.6 Å². The molecular weight excluding hydrogens is 553 g/mol. The van der Waals surface area contributed by atoms with Gasteiger partial charge in [-0.2, -0.15) is 0 Å². The van der Waals surface area contributed by atoms with E-state index in [1.54, 1.807) is 24.5 Å². The molecule has 200 valence electrons. The van der Waals surface area contributed by atoms with Gasteiger partial charge in [-0.05, 0) is 43.5 Å². The Morgan fingerprint density at radius 1 is 1.18 bits per heavy atom. The average Bonchev–Trinajstić information content (AvgIpc) is 3.18. The number of Topliss-reactive ketones (excluding diaryl/α,β-unsaturated/α-hetero) is 1. The standard InChI is InChI=1S/C27H26Cl2F2N4O2S/c1-15-26(32)27(14-37-15)5-7-35(8-6-27)23-12-34-24(13-33-23)38-22-4-2-3-16(25(22)29)9-21(36)17-10-19(30)20(31)11-18(17)28/h2-4,10-13,15,26H,5-9,14,32H2,1H3/t15-,26+/m0/s1. The Hall–Kier alpha value is -2.30. The molecule has 5 rings (SSSR count). The first kappa shape index (κ1) is 27.3. The number of anilines is 1. The summed E-state index contributed by atoms with van der Waals surface area (Å²) in [4.78, 5) is 24.8. The van der Waals surface area contributed by atoms with Crippen LogP contribution >= 0.6 is 35.0 Å². The fourth-order valence-electron chi connectivity index (χ4n) is 5.07. The number of carbonyl (C=O) groups is 1. The molecule has 0 unspecified atom stereocenters. The number of hydrogen-bond donors (Lipinski definition) is 1. The van der Waals surface area contributed by atoms with Gasteiger partial charge in [-0.3, -0.25) is 4.79 Å². The van der Waals surface area contributed by atoms with E-state index in [0.29, 0.717) is 27.1 Å². The van der Waals surface area contributed by atoms with E-state index in [1.165, 1.54) is 11.8 Å². The van der Waals surface area contributed by atoms with Crippen molar-refractivity contribution in [2.75, 3.05) is 24.6 Å². The summed E-state index contributed by atoms with van der Waals surface area (Å²) in [5.41, 5.74) is 6.91. The third-order valence-corrected chi connectivity index (χ3v) is 9.31.